The van der Waals surface area contributed by atoms with Gasteiger partial charge in [0, 0.05) is 18.0 Å². The Bertz CT molecular complexity index is 811. The van der Waals surface area contributed by atoms with Gasteiger partial charge in [0.05, 0.1) is 5.56 Å². The first kappa shape index (κ1) is 21.5. The molecular weight excluding hydrogens is 364 g/mol. The number of carbonyl (C=O) groups excluding carboxylic acids is 2. The smallest absolute Gasteiger partial charge is 0.338 e. The van der Waals surface area contributed by atoms with Crippen LogP contribution in [0.3, 0.4) is 0 Å². The molecule has 150 valence electrons. The van der Waals surface area contributed by atoms with E-state index in [1.54, 1.807) is 6.92 Å². The van der Waals surface area contributed by atoms with Gasteiger partial charge in [0.15, 0.2) is 0 Å². The molecule has 1 N–H and O–H groups in total. The minimum atomic E-state index is -0.549. The molecule has 2 aromatic rings. The number of ether oxygens (including phenoxy) is 1. The minimum absolute atomic E-state index is 0.179. The molecule has 0 bridgehead atoms. The number of halogens is 2. The van der Waals surface area contributed by atoms with Crippen LogP contribution in [0.25, 0.3) is 0 Å². The Kier molecular flexibility index (Phi) is 6.89. The van der Waals surface area contributed by atoms with Crippen molar-refractivity contribution < 1.29 is 23.1 Å². The van der Waals surface area contributed by atoms with Crippen LogP contribution in [0, 0.1) is 23.0 Å². The number of amides is 1. The fourth-order valence-electron chi connectivity index (χ4n) is 2.99. The van der Waals surface area contributed by atoms with Crippen molar-refractivity contribution in [1.29, 1.82) is 0 Å². The van der Waals surface area contributed by atoms with Crippen molar-refractivity contribution in [3.63, 3.8) is 0 Å². The van der Waals surface area contributed by atoms with Crippen LogP contribution in [-0.4, -0.2) is 24.5 Å². The molecule has 0 saturated carbocycles. The van der Waals surface area contributed by atoms with E-state index in [0.29, 0.717) is 5.56 Å². The van der Waals surface area contributed by atoms with E-state index in [4.69, 9.17) is 4.74 Å². The Balaban J connectivity index is 2.03. The highest BCUT2D eigenvalue weighted by atomic mass is 19.1. The molecule has 0 saturated heterocycles. The van der Waals surface area contributed by atoms with E-state index >= 15 is 0 Å². The Labute approximate surface area is 163 Å². The summed E-state index contributed by atoms with van der Waals surface area (Å²) >= 11 is 0. The quantitative estimate of drug-likeness (QED) is 0.735. The zero-order chi connectivity index (χ0) is 20.9. The molecule has 0 aromatic heterocycles. The second kappa shape index (κ2) is 8.95. The maximum Gasteiger partial charge on any atom is 0.338 e. The summed E-state index contributed by atoms with van der Waals surface area (Å²) in [7, 11) is 0. The lowest BCUT2D eigenvalue weighted by molar-refractivity contribution is 0.000195. The highest BCUT2D eigenvalue weighted by molar-refractivity contribution is 5.94. The van der Waals surface area contributed by atoms with E-state index in [0.717, 1.165) is 0 Å². The maximum atomic E-state index is 13.0. The molecule has 0 aliphatic rings. The van der Waals surface area contributed by atoms with Gasteiger partial charge < -0.3 is 10.1 Å². The van der Waals surface area contributed by atoms with Gasteiger partial charge >= 0.3 is 5.97 Å². The summed E-state index contributed by atoms with van der Waals surface area (Å²) in [6, 6.07) is 10.4. The van der Waals surface area contributed by atoms with E-state index < -0.39 is 23.7 Å². The van der Waals surface area contributed by atoms with Crippen LogP contribution in [-0.2, 0) is 4.74 Å². The van der Waals surface area contributed by atoms with Crippen molar-refractivity contribution in [3.05, 3.63) is 71.3 Å². The van der Waals surface area contributed by atoms with Gasteiger partial charge in [0.1, 0.15) is 17.7 Å². The lowest BCUT2D eigenvalue weighted by atomic mass is 9.77. The molecule has 0 aliphatic carbocycles. The van der Waals surface area contributed by atoms with Crippen molar-refractivity contribution in [2.75, 3.05) is 6.54 Å². The molecular formula is C22H25F2NO3. The summed E-state index contributed by atoms with van der Waals surface area (Å²) in [4.78, 5) is 24.6. The molecule has 6 heteroatoms. The van der Waals surface area contributed by atoms with Gasteiger partial charge in [0.25, 0.3) is 5.91 Å². The van der Waals surface area contributed by atoms with Crippen LogP contribution < -0.4 is 5.32 Å². The van der Waals surface area contributed by atoms with E-state index in [-0.39, 0.29) is 29.3 Å². The monoisotopic (exact) mass is 389 g/mol. The van der Waals surface area contributed by atoms with Gasteiger partial charge in [-0.15, -0.1) is 0 Å². The predicted octanol–water partition coefficient (Wildman–Crippen LogP) is 4.60. The van der Waals surface area contributed by atoms with Crippen molar-refractivity contribution >= 4 is 11.9 Å². The third-order valence-corrected chi connectivity index (χ3v) is 4.64. The Morgan fingerprint density at radius 2 is 1.39 bits per heavy atom. The van der Waals surface area contributed by atoms with Gasteiger partial charge in [-0.1, -0.05) is 20.8 Å². The van der Waals surface area contributed by atoms with Gasteiger partial charge in [-0.05, 0) is 60.9 Å². The molecule has 28 heavy (non-hydrogen) atoms. The molecule has 2 aromatic carbocycles. The largest absolute Gasteiger partial charge is 0.459 e. The number of carbonyl (C=O) groups is 2. The van der Waals surface area contributed by atoms with Crippen LogP contribution in [0.5, 0.6) is 0 Å². The molecule has 0 radical (unpaired) electrons. The van der Waals surface area contributed by atoms with Gasteiger partial charge in [-0.2, -0.15) is 0 Å². The first-order valence-corrected chi connectivity index (χ1v) is 9.08. The van der Waals surface area contributed by atoms with Crippen LogP contribution in [0.4, 0.5) is 8.78 Å². The van der Waals surface area contributed by atoms with Crippen LogP contribution >= 0.6 is 0 Å². The molecule has 1 amide bonds. The molecule has 2 unspecified atom stereocenters. The van der Waals surface area contributed by atoms with Crippen LogP contribution in [0.2, 0.25) is 0 Å². The minimum Gasteiger partial charge on any atom is -0.459 e. The molecule has 0 heterocycles. The van der Waals surface area contributed by atoms with Crippen LogP contribution in [0.1, 0.15) is 48.4 Å². The number of benzene rings is 2. The second-order valence-electron chi connectivity index (χ2n) is 7.81. The zero-order valence-corrected chi connectivity index (χ0v) is 16.5. The maximum absolute atomic E-state index is 13.0. The molecule has 0 aliphatic heterocycles. The van der Waals surface area contributed by atoms with Crippen molar-refractivity contribution in [1.82, 2.24) is 5.32 Å². The molecule has 4 nitrogen and oxygen atoms in total. The third-order valence-electron chi connectivity index (χ3n) is 4.64. The van der Waals surface area contributed by atoms with Crippen molar-refractivity contribution in [2.45, 2.75) is 33.8 Å². The summed E-state index contributed by atoms with van der Waals surface area (Å²) in [6.07, 6.45) is -0.494. The van der Waals surface area contributed by atoms with Gasteiger partial charge in [0.2, 0.25) is 0 Å². The second-order valence-corrected chi connectivity index (χ2v) is 7.81. The van der Waals surface area contributed by atoms with E-state index in [1.807, 2.05) is 20.8 Å². The van der Waals surface area contributed by atoms with Crippen LogP contribution in [0.15, 0.2) is 48.5 Å². The highest BCUT2D eigenvalue weighted by Gasteiger charge is 2.32. The number of hydrogen-bond donors (Lipinski definition) is 1. The summed E-state index contributed by atoms with van der Waals surface area (Å²) in [6.45, 7) is 8.01. The summed E-state index contributed by atoms with van der Waals surface area (Å²) in [5, 5.41) is 2.82. The number of rotatable bonds is 6. The number of nitrogens with one attached hydrogen (secondary N) is 1. The van der Waals surface area contributed by atoms with Gasteiger partial charge in [-0.3, -0.25) is 4.79 Å². The average molecular weight is 389 g/mol. The van der Waals surface area contributed by atoms with E-state index in [2.05, 4.69) is 5.32 Å². The molecule has 0 fully saturated rings. The lowest BCUT2D eigenvalue weighted by Crippen LogP contribution is -2.42. The average Bonchev–Trinajstić information content (AvgIpc) is 2.61. The topological polar surface area (TPSA) is 55.4 Å². The third kappa shape index (κ3) is 5.87. The van der Waals surface area contributed by atoms with E-state index in [9.17, 15) is 18.4 Å². The van der Waals surface area contributed by atoms with Crippen molar-refractivity contribution in [2.24, 2.45) is 11.3 Å². The lowest BCUT2D eigenvalue weighted by Gasteiger charge is -2.35. The Hall–Kier alpha value is -2.76. The summed E-state index contributed by atoms with van der Waals surface area (Å²) in [5.41, 5.74) is 0.347. The van der Waals surface area contributed by atoms with Crippen molar-refractivity contribution in [3.8, 4) is 0 Å². The fourth-order valence-corrected chi connectivity index (χ4v) is 2.99. The summed E-state index contributed by atoms with van der Waals surface area (Å²) in [5.74, 6) is -1.90. The SMILES string of the molecule is CC(OC(=O)c1ccc(F)cc1)C(CNC(=O)c1ccc(F)cc1)C(C)(C)C. The summed E-state index contributed by atoms with van der Waals surface area (Å²) < 4.78 is 31.6. The number of hydrogen-bond acceptors (Lipinski definition) is 3. The predicted molar refractivity (Wildman–Crippen MR) is 103 cm³/mol. The first-order chi connectivity index (χ1) is 13.1. The number of esters is 1. The Morgan fingerprint density at radius 3 is 1.86 bits per heavy atom. The fraction of sp³-hybridized carbons (Fsp3) is 0.364. The standard InChI is InChI=1S/C22H25F2NO3/c1-14(28-21(27)16-7-11-18(24)12-8-16)19(22(2,3)4)13-25-20(26)15-5-9-17(23)10-6-15/h5-12,14,19H,13H2,1-4H3,(H,25,26). The van der Waals surface area contributed by atoms with E-state index in [1.165, 1.54) is 48.5 Å². The zero-order valence-electron chi connectivity index (χ0n) is 16.5. The molecule has 2 atom stereocenters. The molecule has 0 spiro atoms. The first-order valence-electron chi connectivity index (χ1n) is 9.08. The normalized spacial score (nSPS) is 13.5. The Morgan fingerprint density at radius 1 is 0.929 bits per heavy atom. The molecule has 2 rings (SSSR count). The van der Waals surface area contributed by atoms with Gasteiger partial charge in [-0.25, -0.2) is 13.6 Å². The highest BCUT2D eigenvalue weighted by Crippen LogP contribution is 2.30.